The molecule has 2 N–H and O–H groups in total. The topological polar surface area (TPSA) is 93.0 Å². The Balaban J connectivity index is 1.69. The Bertz CT molecular complexity index is 1180. The summed E-state index contributed by atoms with van der Waals surface area (Å²) >= 11 is 0. The molecular formula is C27H33N3O5. The maximum Gasteiger partial charge on any atom is 0.316 e. The Hall–Kier alpha value is -3.20. The monoisotopic (exact) mass is 479 g/mol. The molecule has 0 saturated carbocycles. The number of morpholine rings is 1. The van der Waals surface area contributed by atoms with Crippen LogP contribution in [0.3, 0.4) is 0 Å². The van der Waals surface area contributed by atoms with Crippen molar-refractivity contribution in [3.05, 3.63) is 60.3 Å². The zero-order chi connectivity index (χ0) is 25.0. The first-order valence-corrected chi connectivity index (χ1v) is 11.9. The molecule has 1 aliphatic rings. The lowest BCUT2D eigenvalue weighted by Gasteiger charge is -2.28. The molecule has 0 spiro atoms. The molecule has 3 aromatic rings. The number of amides is 1. The molecule has 186 valence electrons. The number of nitrogens with zero attached hydrogens (tertiary/aromatic N) is 2. The smallest absolute Gasteiger partial charge is 0.316 e. The number of ether oxygens (including phenoxy) is 2. The second kappa shape index (κ2) is 10.6. The number of fused-ring (bicyclic) bond motifs is 1. The van der Waals surface area contributed by atoms with Gasteiger partial charge >= 0.3 is 5.97 Å². The first kappa shape index (κ1) is 24.9. The van der Waals surface area contributed by atoms with Gasteiger partial charge in [0, 0.05) is 37.3 Å². The summed E-state index contributed by atoms with van der Waals surface area (Å²) in [7, 11) is 0. The molecule has 1 saturated heterocycles. The number of carbonyl (C=O) groups is 2. The third-order valence-corrected chi connectivity index (χ3v) is 5.94. The van der Waals surface area contributed by atoms with Crippen LogP contribution < -0.4 is 10.1 Å². The fourth-order valence-corrected chi connectivity index (χ4v) is 4.05. The van der Waals surface area contributed by atoms with Crippen molar-refractivity contribution in [3.8, 4) is 11.4 Å². The van der Waals surface area contributed by atoms with Crippen molar-refractivity contribution >= 4 is 22.8 Å². The van der Waals surface area contributed by atoms with Crippen molar-refractivity contribution in [2.45, 2.75) is 26.9 Å². The Labute approximate surface area is 205 Å². The van der Waals surface area contributed by atoms with E-state index >= 15 is 0 Å². The molecule has 1 unspecified atom stereocenters. The van der Waals surface area contributed by atoms with E-state index in [1.54, 1.807) is 25.3 Å². The molecule has 2 aromatic carbocycles. The molecule has 8 heteroatoms. The van der Waals surface area contributed by atoms with Crippen molar-refractivity contribution in [1.82, 2.24) is 14.8 Å². The van der Waals surface area contributed by atoms with E-state index in [1.165, 1.54) is 0 Å². The summed E-state index contributed by atoms with van der Waals surface area (Å²) < 4.78 is 13.0. The maximum absolute atomic E-state index is 13.6. The molecule has 8 nitrogen and oxygen atoms in total. The predicted octanol–water partition coefficient (Wildman–Crippen LogP) is 3.00. The van der Waals surface area contributed by atoms with Crippen LogP contribution >= 0.6 is 0 Å². The Morgan fingerprint density at radius 1 is 1.06 bits per heavy atom. The molecule has 1 amide bonds. The Morgan fingerprint density at radius 3 is 2.40 bits per heavy atom. The van der Waals surface area contributed by atoms with Gasteiger partial charge in [0.25, 0.3) is 5.91 Å². The molecular weight excluding hydrogens is 446 g/mol. The number of aliphatic hydroxyl groups is 1. The fraction of sp³-hybridized carbons (Fsp3) is 0.407. The Kier molecular flexibility index (Phi) is 7.54. The third-order valence-electron chi connectivity index (χ3n) is 5.94. The van der Waals surface area contributed by atoms with Gasteiger partial charge in [-0.15, -0.1) is 0 Å². The number of aliphatic hydroxyl groups excluding tert-OH is 1. The van der Waals surface area contributed by atoms with Crippen molar-refractivity contribution in [1.29, 1.82) is 0 Å². The number of carbonyl (C=O) groups excluding carboxylic acids is 2. The van der Waals surface area contributed by atoms with Gasteiger partial charge in [-0.3, -0.25) is 14.5 Å². The molecule has 2 heterocycles. The largest absolute Gasteiger partial charge is 0.423 e. The zero-order valence-corrected chi connectivity index (χ0v) is 20.5. The van der Waals surface area contributed by atoms with Gasteiger partial charge in [-0.1, -0.05) is 30.3 Å². The van der Waals surface area contributed by atoms with Crippen LogP contribution in [0.4, 0.5) is 0 Å². The lowest BCUT2D eigenvalue weighted by atomic mass is 9.97. The van der Waals surface area contributed by atoms with E-state index in [0.717, 1.165) is 24.3 Å². The zero-order valence-electron chi connectivity index (χ0n) is 20.5. The van der Waals surface area contributed by atoms with Crippen LogP contribution in [0, 0.1) is 5.41 Å². The number of aromatic nitrogens is 1. The first-order valence-electron chi connectivity index (χ1n) is 11.9. The third kappa shape index (κ3) is 5.73. The average Bonchev–Trinajstić information content (AvgIpc) is 3.17. The molecule has 0 radical (unpaired) electrons. The van der Waals surface area contributed by atoms with Gasteiger partial charge in [-0.25, -0.2) is 0 Å². The first-order chi connectivity index (χ1) is 16.8. The highest BCUT2D eigenvalue weighted by molar-refractivity contribution is 6.06. The van der Waals surface area contributed by atoms with E-state index < -0.39 is 23.4 Å². The van der Waals surface area contributed by atoms with Crippen LogP contribution in [0.25, 0.3) is 16.6 Å². The highest BCUT2D eigenvalue weighted by atomic mass is 16.5. The average molecular weight is 480 g/mol. The van der Waals surface area contributed by atoms with E-state index in [4.69, 9.17) is 9.47 Å². The summed E-state index contributed by atoms with van der Waals surface area (Å²) in [5.41, 5.74) is 0.974. The van der Waals surface area contributed by atoms with Crippen LogP contribution in [-0.4, -0.2) is 71.9 Å². The minimum Gasteiger partial charge on any atom is -0.423 e. The van der Waals surface area contributed by atoms with E-state index in [1.807, 2.05) is 54.6 Å². The number of rotatable bonds is 7. The quantitative estimate of drug-likeness (QED) is 0.506. The van der Waals surface area contributed by atoms with Gasteiger partial charge in [-0.2, -0.15) is 0 Å². The summed E-state index contributed by atoms with van der Waals surface area (Å²) in [5.74, 6) is -0.651. The van der Waals surface area contributed by atoms with E-state index in [-0.39, 0.29) is 18.0 Å². The second-order valence-electron chi connectivity index (χ2n) is 9.78. The lowest BCUT2D eigenvalue weighted by Crippen LogP contribution is -2.44. The number of hydrogen-bond donors (Lipinski definition) is 2. The van der Waals surface area contributed by atoms with E-state index in [2.05, 4.69) is 10.2 Å². The van der Waals surface area contributed by atoms with Gasteiger partial charge in [0.1, 0.15) is 0 Å². The van der Waals surface area contributed by atoms with Gasteiger partial charge in [0.05, 0.1) is 30.2 Å². The van der Waals surface area contributed by atoms with Crippen LogP contribution in [0.5, 0.6) is 5.75 Å². The molecule has 35 heavy (non-hydrogen) atoms. The molecule has 1 atom stereocenters. The molecule has 0 bridgehead atoms. The number of nitrogens with one attached hydrogen (secondary N) is 1. The minimum absolute atomic E-state index is 0.0686. The van der Waals surface area contributed by atoms with Gasteiger partial charge in [0.2, 0.25) is 0 Å². The van der Waals surface area contributed by atoms with Crippen molar-refractivity contribution in [3.63, 3.8) is 0 Å². The predicted molar refractivity (Wildman–Crippen MR) is 134 cm³/mol. The normalized spacial score (nSPS) is 15.7. The lowest BCUT2D eigenvalue weighted by molar-refractivity contribution is -0.142. The number of benzene rings is 2. The highest BCUT2D eigenvalue weighted by Crippen LogP contribution is 2.37. The molecule has 0 aliphatic carbocycles. The van der Waals surface area contributed by atoms with Crippen LogP contribution in [0.2, 0.25) is 0 Å². The van der Waals surface area contributed by atoms with Crippen LogP contribution in [0.15, 0.2) is 54.6 Å². The summed E-state index contributed by atoms with van der Waals surface area (Å²) in [6, 6.07) is 16.9. The molecule has 1 fully saturated rings. The summed E-state index contributed by atoms with van der Waals surface area (Å²) in [5, 5.41) is 14.1. The van der Waals surface area contributed by atoms with E-state index in [0.29, 0.717) is 25.1 Å². The number of para-hydroxylation sites is 2. The summed E-state index contributed by atoms with van der Waals surface area (Å²) in [6.07, 6.45) is -0.743. The number of esters is 1. The summed E-state index contributed by atoms with van der Waals surface area (Å²) in [4.78, 5) is 28.6. The van der Waals surface area contributed by atoms with Crippen molar-refractivity contribution in [2.24, 2.45) is 5.41 Å². The summed E-state index contributed by atoms with van der Waals surface area (Å²) in [6.45, 7) is 8.60. The standard InChI is InChI=1S/C27H33N3O5/c1-27(2,3)26(33)35-24-21-11-7-8-12-22(21)30(19-9-5-4-6-10-19)23(24)25(32)28-17-20(31)18-29-13-15-34-16-14-29/h4-12,20,31H,13-18H2,1-3H3,(H,28,32). The van der Waals surface area contributed by atoms with Crippen molar-refractivity contribution in [2.75, 3.05) is 39.4 Å². The fourth-order valence-electron chi connectivity index (χ4n) is 4.05. The van der Waals surface area contributed by atoms with Crippen LogP contribution in [-0.2, 0) is 9.53 Å². The van der Waals surface area contributed by atoms with Gasteiger partial charge in [-0.05, 0) is 45.0 Å². The SMILES string of the molecule is CC(C)(C)C(=O)Oc1c(C(=O)NCC(O)CN2CCOCC2)n(-c2ccccc2)c2ccccc12. The second-order valence-corrected chi connectivity index (χ2v) is 9.78. The number of β-amino-alcohol motifs (C(OH)–C–C–N with tert-alkyl or cyclic N) is 1. The number of hydrogen-bond acceptors (Lipinski definition) is 6. The Morgan fingerprint density at radius 2 is 1.71 bits per heavy atom. The van der Waals surface area contributed by atoms with Crippen LogP contribution in [0.1, 0.15) is 31.3 Å². The molecule has 1 aromatic heterocycles. The maximum atomic E-state index is 13.6. The van der Waals surface area contributed by atoms with Gasteiger partial charge in [0.15, 0.2) is 11.4 Å². The van der Waals surface area contributed by atoms with Gasteiger partial charge < -0.3 is 24.5 Å². The minimum atomic E-state index is -0.752. The highest BCUT2D eigenvalue weighted by Gasteiger charge is 2.31. The van der Waals surface area contributed by atoms with E-state index in [9.17, 15) is 14.7 Å². The molecule has 4 rings (SSSR count). The molecule has 1 aliphatic heterocycles. The van der Waals surface area contributed by atoms with Crippen molar-refractivity contribution < 1.29 is 24.2 Å².